The van der Waals surface area contributed by atoms with Crippen molar-refractivity contribution in [1.29, 1.82) is 0 Å². The van der Waals surface area contributed by atoms with E-state index in [9.17, 15) is 14.4 Å². The van der Waals surface area contributed by atoms with Gasteiger partial charge in [-0.25, -0.2) is 9.59 Å². The van der Waals surface area contributed by atoms with Crippen LogP contribution in [0.25, 0.3) is 0 Å². The molecule has 3 N–H and O–H groups in total. The minimum absolute atomic E-state index is 0.0318. The Labute approximate surface area is 184 Å². The number of hydrogen-bond donors (Lipinski definition) is 2. The summed E-state index contributed by atoms with van der Waals surface area (Å²) in [6.07, 6.45) is 0. The van der Waals surface area contributed by atoms with E-state index in [1.807, 2.05) is 0 Å². The van der Waals surface area contributed by atoms with Gasteiger partial charge in [-0.05, 0) is 13.0 Å². The second-order valence-electron chi connectivity index (χ2n) is 7.35. The number of para-hydroxylation sites is 1. The van der Waals surface area contributed by atoms with Crippen molar-refractivity contribution in [3.05, 3.63) is 88.5 Å². The van der Waals surface area contributed by atoms with Crippen LogP contribution in [0, 0.1) is 0 Å². The summed E-state index contributed by atoms with van der Waals surface area (Å²) < 4.78 is 15.8. The molecular formula is C24H22N2O6. The lowest BCUT2D eigenvalue weighted by Crippen LogP contribution is -2.47. The van der Waals surface area contributed by atoms with Gasteiger partial charge >= 0.3 is 11.9 Å². The van der Waals surface area contributed by atoms with Crippen LogP contribution in [0.2, 0.25) is 0 Å². The summed E-state index contributed by atoms with van der Waals surface area (Å²) in [7, 11) is 1.47. The highest BCUT2D eigenvalue weighted by molar-refractivity contribution is 6.21. The van der Waals surface area contributed by atoms with Crippen LogP contribution < -0.4 is 11.1 Å². The van der Waals surface area contributed by atoms with Gasteiger partial charge in [0.05, 0.1) is 12.2 Å². The normalized spacial score (nSPS) is 19.5. The van der Waals surface area contributed by atoms with E-state index in [0.29, 0.717) is 16.8 Å². The Morgan fingerprint density at radius 3 is 2.44 bits per heavy atom. The molecular weight excluding hydrogens is 412 g/mol. The number of anilines is 1. The third kappa shape index (κ3) is 3.16. The number of ether oxygens (including phenoxy) is 3. The van der Waals surface area contributed by atoms with E-state index >= 15 is 0 Å². The maximum absolute atomic E-state index is 13.7. The smallest absolute Gasteiger partial charge is 0.339 e. The Bertz CT molecular complexity index is 1170. The van der Waals surface area contributed by atoms with E-state index in [-0.39, 0.29) is 35.9 Å². The van der Waals surface area contributed by atoms with E-state index in [2.05, 4.69) is 5.32 Å². The molecule has 0 aliphatic carbocycles. The number of carbonyl (C=O) groups is 3. The molecule has 8 nitrogen and oxygen atoms in total. The second-order valence-corrected chi connectivity index (χ2v) is 7.35. The topological polar surface area (TPSA) is 117 Å². The fourth-order valence-electron chi connectivity index (χ4n) is 4.18. The molecule has 2 aromatic rings. The van der Waals surface area contributed by atoms with Crippen LogP contribution in [-0.2, 0) is 29.2 Å². The standard InChI is InChI=1S/C24H22N2O6/c1-14-18(20(27)15-8-4-3-5-9-15)24(23(29)32-14)16-10-6-7-11-17(16)26-21(25)19(24)22(28)31-13-12-30-2/h3-11,26H,12-13,25H2,1-2H3/t24-/m0/s1. The van der Waals surface area contributed by atoms with Gasteiger partial charge in [-0.3, -0.25) is 4.79 Å². The Balaban J connectivity index is 1.97. The van der Waals surface area contributed by atoms with Crippen LogP contribution in [0.15, 0.2) is 77.3 Å². The summed E-state index contributed by atoms with van der Waals surface area (Å²) >= 11 is 0. The molecule has 2 aliphatic heterocycles. The summed E-state index contributed by atoms with van der Waals surface area (Å²) in [4.78, 5) is 40.4. The van der Waals surface area contributed by atoms with Crippen LogP contribution in [0.1, 0.15) is 22.8 Å². The molecule has 8 heteroatoms. The van der Waals surface area contributed by atoms with Gasteiger partial charge in [0.25, 0.3) is 0 Å². The zero-order valence-electron chi connectivity index (χ0n) is 17.6. The fraction of sp³-hybridized carbons (Fsp3) is 0.208. The van der Waals surface area contributed by atoms with Crippen molar-refractivity contribution in [2.45, 2.75) is 12.3 Å². The van der Waals surface area contributed by atoms with Crippen molar-refractivity contribution in [3.8, 4) is 0 Å². The van der Waals surface area contributed by atoms with Crippen molar-refractivity contribution in [3.63, 3.8) is 0 Å². The Morgan fingerprint density at radius 1 is 1.03 bits per heavy atom. The lowest BCUT2D eigenvalue weighted by atomic mass is 9.65. The van der Waals surface area contributed by atoms with Gasteiger partial charge in [-0.1, -0.05) is 48.5 Å². The highest BCUT2D eigenvalue weighted by atomic mass is 16.6. The van der Waals surface area contributed by atoms with Crippen molar-refractivity contribution in [1.82, 2.24) is 0 Å². The van der Waals surface area contributed by atoms with Crippen molar-refractivity contribution < 1.29 is 28.6 Å². The van der Waals surface area contributed by atoms with Gasteiger partial charge in [0, 0.05) is 23.9 Å². The quantitative estimate of drug-likeness (QED) is 0.404. The van der Waals surface area contributed by atoms with Crippen LogP contribution in [0.4, 0.5) is 5.69 Å². The van der Waals surface area contributed by atoms with Crippen molar-refractivity contribution in [2.24, 2.45) is 5.73 Å². The molecule has 0 saturated heterocycles. The van der Waals surface area contributed by atoms with E-state index in [1.54, 1.807) is 54.6 Å². The summed E-state index contributed by atoms with van der Waals surface area (Å²) in [6.45, 7) is 1.63. The van der Waals surface area contributed by atoms with E-state index in [0.717, 1.165) is 0 Å². The van der Waals surface area contributed by atoms with Gasteiger partial charge in [-0.15, -0.1) is 0 Å². The number of ketones is 1. The third-order valence-corrected chi connectivity index (χ3v) is 5.51. The molecule has 32 heavy (non-hydrogen) atoms. The van der Waals surface area contributed by atoms with Crippen LogP contribution in [0.5, 0.6) is 0 Å². The number of carbonyl (C=O) groups excluding carboxylic acids is 3. The van der Waals surface area contributed by atoms with Crippen LogP contribution in [-0.4, -0.2) is 38.0 Å². The molecule has 164 valence electrons. The first-order valence-corrected chi connectivity index (χ1v) is 9.99. The first-order chi connectivity index (χ1) is 15.4. The van der Waals surface area contributed by atoms with E-state index < -0.39 is 23.1 Å². The van der Waals surface area contributed by atoms with Gasteiger partial charge in [0.1, 0.15) is 23.8 Å². The second kappa shape index (κ2) is 8.32. The fourth-order valence-corrected chi connectivity index (χ4v) is 4.18. The number of hydrogen-bond acceptors (Lipinski definition) is 8. The molecule has 2 aromatic carbocycles. The molecule has 0 aromatic heterocycles. The maximum Gasteiger partial charge on any atom is 0.339 e. The number of nitrogens with two attached hydrogens (primary N) is 1. The number of benzene rings is 2. The number of allylic oxidation sites excluding steroid dienone is 1. The van der Waals surface area contributed by atoms with Crippen LogP contribution in [0.3, 0.4) is 0 Å². The number of methoxy groups -OCH3 is 1. The molecule has 1 spiro atoms. The minimum atomic E-state index is -1.87. The predicted octanol–water partition coefficient (Wildman–Crippen LogP) is 2.42. The molecule has 2 heterocycles. The lowest BCUT2D eigenvalue weighted by molar-refractivity contribution is -0.146. The summed E-state index contributed by atoms with van der Waals surface area (Å²) in [5.41, 5.74) is 5.46. The zero-order chi connectivity index (χ0) is 22.9. The van der Waals surface area contributed by atoms with Crippen LogP contribution >= 0.6 is 0 Å². The molecule has 0 saturated carbocycles. The molecule has 0 amide bonds. The Hall–Kier alpha value is -3.91. The lowest BCUT2D eigenvalue weighted by Gasteiger charge is -2.36. The van der Waals surface area contributed by atoms with Gasteiger partial charge in [-0.2, -0.15) is 0 Å². The molecule has 0 unspecified atom stereocenters. The average Bonchev–Trinajstić information content (AvgIpc) is 3.04. The van der Waals surface area contributed by atoms with Gasteiger partial charge in [0.15, 0.2) is 11.2 Å². The summed E-state index contributed by atoms with van der Waals surface area (Å²) in [5.74, 6) is -2.05. The summed E-state index contributed by atoms with van der Waals surface area (Å²) in [6, 6.07) is 15.3. The Kier molecular flexibility index (Phi) is 5.54. The molecule has 2 aliphatic rings. The number of cyclic esters (lactones) is 1. The average molecular weight is 434 g/mol. The first-order valence-electron chi connectivity index (χ1n) is 9.99. The van der Waals surface area contributed by atoms with Gasteiger partial charge < -0.3 is 25.3 Å². The first kappa shape index (κ1) is 21.3. The predicted molar refractivity (Wildman–Crippen MR) is 115 cm³/mol. The van der Waals surface area contributed by atoms with E-state index in [1.165, 1.54) is 14.0 Å². The monoisotopic (exact) mass is 434 g/mol. The van der Waals surface area contributed by atoms with Crippen molar-refractivity contribution >= 4 is 23.4 Å². The molecule has 1 atom stereocenters. The molecule has 0 fully saturated rings. The summed E-state index contributed by atoms with van der Waals surface area (Å²) in [5, 5.41) is 2.95. The zero-order valence-corrected chi connectivity index (χ0v) is 17.6. The highest BCUT2D eigenvalue weighted by Gasteiger charge is 2.62. The third-order valence-electron chi connectivity index (χ3n) is 5.51. The van der Waals surface area contributed by atoms with Crippen molar-refractivity contribution in [2.75, 3.05) is 25.6 Å². The number of esters is 2. The number of Topliss-reactive ketones (excluding diaryl/α,β-unsaturated/α-hetero) is 1. The SMILES string of the molecule is COCCOC(=O)C1=C(N)Nc2ccccc2[C@@]12C(=O)OC(C)=C2C(=O)c1ccccc1. The number of rotatable bonds is 6. The van der Waals surface area contributed by atoms with E-state index in [4.69, 9.17) is 19.9 Å². The number of nitrogens with one attached hydrogen (secondary N) is 1. The maximum atomic E-state index is 13.7. The molecule has 0 radical (unpaired) electrons. The molecule has 0 bridgehead atoms. The molecule has 4 rings (SSSR count). The Morgan fingerprint density at radius 2 is 1.72 bits per heavy atom. The van der Waals surface area contributed by atoms with Gasteiger partial charge in [0.2, 0.25) is 0 Å². The minimum Gasteiger partial charge on any atom is -0.460 e. The highest BCUT2D eigenvalue weighted by Crippen LogP contribution is 2.53. The largest absolute Gasteiger partial charge is 0.460 e. The number of fused-ring (bicyclic) bond motifs is 2.